The minimum absolute atomic E-state index is 0.0676. The van der Waals surface area contributed by atoms with Crippen molar-refractivity contribution in [3.05, 3.63) is 64.9 Å². The second-order valence-corrected chi connectivity index (χ2v) is 9.98. The molecule has 0 aromatic carbocycles. The number of nitrogens with zero attached hydrogens (tertiary/aromatic N) is 3. The number of aromatic nitrogens is 2. The normalized spacial score (nSPS) is 25.1. The lowest BCUT2D eigenvalue weighted by atomic mass is 9.81. The molecule has 1 fully saturated rings. The Balaban J connectivity index is 1.39. The third kappa shape index (κ3) is 5.07. The quantitative estimate of drug-likeness (QED) is 0.602. The summed E-state index contributed by atoms with van der Waals surface area (Å²) in [5, 5.41) is 3.05. The largest absolute Gasteiger partial charge is 0.462 e. The zero-order valence-corrected chi connectivity index (χ0v) is 19.5. The summed E-state index contributed by atoms with van der Waals surface area (Å²) < 4.78 is 39.1. The number of esters is 1. The van der Waals surface area contributed by atoms with Crippen LogP contribution in [0.1, 0.15) is 24.2 Å². The van der Waals surface area contributed by atoms with Crippen LogP contribution in [-0.4, -0.2) is 67.6 Å². The van der Waals surface area contributed by atoms with Crippen molar-refractivity contribution in [2.75, 3.05) is 38.2 Å². The van der Waals surface area contributed by atoms with Gasteiger partial charge in [-0.05, 0) is 18.6 Å². The Labute approximate surface area is 193 Å². The molecule has 0 amide bonds. The van der Waals surface area contributed by atoms with Crippen LogP contribution in [0.25, 0.3) is 0 Å². The van der Waals surface area contributed by atoms with E-state index in [1.807, 2.05) is 31.2 Å². The van der Waals surface area contributed by atoms with E-state index >= 15 is 0 Å². The van der Waals surface area contributed by atoms with Crippen molar-refractivity contribution < 1.29 is 22.7 Å². The van der Waals surface area contributed by atoms with Gasteiger partial charge in [-0.2, -0.15) is 4.31 Å². The van der Waals surface area contributed by atoms with Gasteiger partial charge in [0.2, 0.25) is 16.0 Å². The smallest absolute Gasteiger partial charge is 0.341 e. The summed E-state index contributed by atoms with van der Waals surface area (Å²) in [6, 6.07) is 0. The number of rotatable bonds is 7. The monoisotopic (exact) mass is 472 g/mol. The average molecular weight is 473 g/mol. The fourth-order valence-corrected chi connectivity index (χ4v) is 5.98. The molecular weight excluding hydrogens is 444 g/mol. The number of carbonyl (C=O) groups is 1. The van der Waals surface area contributed by atoms with Gasteiger partial charge in [-0.15, -0.1) is 0 Å². The number of allylic oxidation sites excluding steroid dienone is 8. The third-order valence-electron chi connectivity index (χ3n) is 5.92. The number of ether oxygens (including phenoxy) is 2. The standard InChI is InChI=1S/C23H28N4O5S/c1-3-31-22(28)18-12-24-23(25-13-18)26-14-19-15-27(10-11-32-19)33(29,30)21-9-8-17-6-4-5-7-20(17)16(21)2/h4-9,12-13,16,19-20H,3,10-11,14-15H2,1-2H3,(H,24,25,26). The van der Waals surface area contributed by atoms with Gasteiger partial charge in [0.25, 0.3) is 0 Å². The van der Waals surface area contributed by atoms with Crippen molar-refractivity contribution in [1.29, 1.82) is 0 Å². The maximum atomic E-state index is 13.4. The van der Waals surface area contributed by atoms with E-state index in [0.717, 1.165) is 5.57 Å². The van der Waals surface area contributed by atoms with Crippen LogP contribution in [0.2, 0.25) is 0 Å². The van der Waals surface area contributed by atoms with E-state index in [1.165, 1.54) is 16.7 Å². The van der Waals surface area contributed by atoms with E-state index < -0.39 is 16.0 Å². The number of carbonyl (C=O) groups excluding carboxylic acids is 1. The minimum Gasteiger partial charge on any atom is -0.462 e. The molecule has 10 heteroatoms. The first-order valence-corrected chi connectivity index (χ1v) is 12.5. The Kier molecular flexibility index (Phi) is 7.06. The fraction of sp³-hybridized carbons (Fsp3) is 0.435. The predicted molar refractivity (Wildman–Crippen MR) is 124 cm³/mol. The predicted octanol–water partition coefficient (Wildman–Crippen LogP) is 2.30. The molecule has 33 heavy (non-hydrogen) atoms. The molecular formula is C23H28N4O5S. The number of anilines is 1. The number of morpholine rings is 1. The Morgan fingerprint density at radius 1 is 1.27 bits per heavy atom. The topological polar surface area (TPSA) is 111 Å². The Morgan fingerprint density at radius 2 is 2.06 bits per heavy atom. The van der Waals surface area contributed by atoms with E-state index in [1.54, 1.807) is 13.0 Å². The van der Waals surface area contributed by atoms with Crippen molar-refractivity contribution in [3.8, 4) is 0 Å². The number of hydrogen-bond donors (Lipinski definition) is 1. The van der Waals surface area contributed by atoms with Crippen molar-refractivity contribution in [3.63, 3.8) is 0 Å². The van der Waals surface area contributed by atoms with Gasteiger partial charge in [-0.25, -0.2) is 23.2 Å². The van der Waals surface area contributed by atoms with Crippen molar-refractivity contribution in [2.24, 2.45) is 11.8 Å². The molecule has 1 aromatic heterocycles. The molecule has 0 radical (unpaired) electrons. The number of nitrogens with one attached hydrogen (secondary N) is 1. The molecule has 176 valence electrons. The summed E-state index contributed by atoms with van der Waals surface area (Å²) in [4.78, 5) is 20.4. The summed E-state index contributed by atoms with van der Waals surface area (Å²) in [6.07, 6.45) is 14.1. The van der Waals surface area contributed by atoms with Crippen LogP contribution in [0.5, 0.6) is 0 Å². The summed E-state index contributed by atoms with van der Waals surface area (Å²) >= 11 is 0. The Bertz CT molecular complexity index is 1110. The summed E-state index contributed by atoms with van der Waals surface area (Å²) in [7, 11) is -3.62. The SMILES string of the molecule is CCOC(=O)c1cnc(NCC2CN(S(=O)(=O)C3=CC=C4C=CC=CC4C3C)CCO2)nc1. The molecule has 2 aliphatic carbocycles. The molecule has 1 saturated heterocycles. The molecule has 0 spiro atoms. The highest BCUT2D eigenvalue weighted by atomic mass is 32.2. The Hall–Kier alpha value is -2.82. The van der Waals surface area contributed by atoms with Gasteiger partial charge in [-0.3, -0.25) is 0 Å². The van der Waals surface area contributed by atoms with Crippen LogP contribution in [0.15, 0.2) is 59.3 Å². The van der Waals surface area contributed by atoms with Gasteiger partial charge in [0, 0.05) is 43.9 Å². The Morgan fingerprint density at radius 3 is 2.82 bits per heavy atom. The van der Waals surface area contributed by atoms with Crippen molar-refractivity contribution in [2.45, 2.75) is 20.0 Å². The molecule has 1 aromatic rings. The van der Waals surface area contributed by atoms with Crippen LogP contribution in [0.3, 0.4) is 0 Å². The highest BCUT2D eigenvalue weighted by Crippen LogP contribution is 2.38. The molecule has 1 N–H and O–H groups in total. The summed E-state index contributed by atoms with van der Waals surface area (Å²) in [5.41, 5.74) is 1.39. The first-order chi connectivity index (χ1) is 15.9. The van der Waals surface area contributed by atoms with Gasteiger partial charge in [0.1, 0.15) is 0 Å². The molecule has 1 aliphatic heterocycles. The first-order valence-electron chi connectivity index (χ1n) is 11.0. The maximum absolute atomic E-state index is 13.4. The highest BCUT2D eigenvalue weighted by Gasteiger charge is 2.38. The molecule has 9 nitrogen and oxygen atoms in total. The molecule has 2 heterocycles. The van der Waals surface area contributed by atoms with E-state index in [4.69, 9.17) is 9.47 Å². The van der Waals surface area contributed by atoms with E-state index in [-0.39, 0.29) is 36.7 Å². The van der Waals surface area contributed by atoms with Crippen molar-refractivity contribution >= 4 is 21.9 Å². The molecule has 3 atom stereocenters. The summed E-state index contributed by atoms with van der Waals surface area (Å²) in [5.74, 6) is -0.224. The van der Waals surface area contributed by atoms with Crippen LogP contribution >= 0.6 is 0 Å². The van der Waals surface area contributed by atoms with Crippen LogP contribution in [-0.2, 0) is 19.5 Å². The molecule has 3 aliphatic rings. The fourth-order valence-electron chi connectivity index (χ4n) is 4.15. The summed E-state index contributed by atoms with van der Waals surface area (Å²) in [6.45, 7) is 5.15. The van der Waals surface area contributed by atoms with E-state index in [9.17, 15) is 13.2 Å². The molecule has 3 unspecified atom stereocenters. The van der Waals surface area contributed by atoms with E-state index in [2.05, 4.69) is 21.4 Å². The molecule has 0 saturated carbocycles. The van der Waals surface area contributed by atoms with Crippen LogP contribution < -0.4 is 5.32 Å². The zero-order valence-electron chi connectivity index (χ0n) is 18.7. The second-order valence-electron chi connectivity index (χ2n) is 8.05. The van der Waals surface area contributed by atoms with Crippen molar-refractivity contribution in [1.82, 2.24) is 14.3 Å². The zero-order chi connectivity index (χ0) is 23.4. The average Bonchev–Trinajstić information content (AvgIpc) is 2.83. The number of fused-ring (bicyclic) bond motifs is 1. The number of hydrogen-bond acceptors (Lipinski definition) is 8. The van der Waals surface area contributed by atoms with Gasteiger partial charge < -0.3 is 14.8 Å². The van der Waals surface area contributed by atoms with Gasteiger partial charge in [0.15, 0.2) is 0 Å². The van der Waals surface area contributed by atoms with Gasteiger partial charge in [0.05, 0.1) is 29.8 Å². The van der Waals surface area contributed by atoms with Gasteiger partial charge in [-0.1, -0.05) is 37.3 Å². The van der Waals surface area contributed by atoms with Crippen LogP contribution in [0, 0.1) is 11.8 Å². The maximum Gasteiger partial charge on any atom is 0.341 e. The second kappa shape index (κ2) is 9.98. The minimum atomic E-state index is -3.62. The number of sulfonamides is 1. The van der Waals surface area contributed by atoms with E-state index in [0.29, 0.717) is 30.5 Å². The van der Waals surface area contributed by atoms with Gasteiger partial charge >= 0.3 is 5.97 Å². The van der Waals surface area contributed by atoms with Crippen LogP contribution in [0.4, 0.5) is 5.95 Å². The highest BCUT2D eigenvalue weighted by molar-refractivity contribution is 7.93. The molecule has 0 bridgehead atoms. The third-order valence-corrected chi connectivity index (χ3v) is 8.04. The lowest BCUT2D eigenvalue weighted by Crippen LogP contribution is -2.49. The lowest BCUT2D eigenvalue weighted by Gasteiger charge is -2.36. The lowest BCUT2D eigenvalue weighted by molar-refractivity contribution is 0.00693. The first kappa shape index (κ1) is 23.3. The molecule has 4 rings (SSSR count).